The number of aromatic nitrogens is 8. The minimum Gasteiger partial charge on any atom is -0.477 e. The van der Waals surface area contributed by atoms with Gasteiger partial charge in [0.25, 0.3) is 5.91 Å². The number of H-pyrrole nitrogens is 1. The molecule has 6 rings (SSSR count). The minimum atomic E-state index is -4.24. The normalized spacial score (nSPS) is 17.4. The standard InChI is InChI=1S/C36H45ClF3N11O4S/c1-33(2,3)55-32(53)50-21-23(20-34(50,4)5)8-7-17-49(22-25-43-47-48-44-25)26-9-6-10-29(41-26)56-46-31(52)24-11-12-27(42-30(24)37)51-18-13-28(45-51)54-19-16-35(14-15-35)36(38,39)40/h6,9-13,18,23H,7-8,14-17,19-22H2,1-5H3,(H,46,52)(H,43,44,47,48)/t23-/m0/s1. The monoisotopic (exact) mass is 819 g/mol. The van der Waals surface area contributed by atoms with Gasteiger partial charge in [0.15, 0.2) is 11.6 Å². The maximum atomic E-state index is 13.2. The average molecular weight is 820 g/mol. The number of anilines is 1. The number of carbonyl (C=O) groups is 2. The number of amides is 2. The van der Waals surface area contributed by atoms with Crippen LogP contribution in [0, 0.1) is 11.3 Å². The Labute approximate surface area is 331 Å². The Bertz CT molecular complexity index is 1990. The number of hydrogen-bond donors (Lipinski definition) is 2. The number of carbonyl (C=O) groups excluding carboxylic acids is 2. The third kappa shape index (κ3) is 10.2. The van der Waals surface area contributed by atoms with E-state index in [2.05, 4.69) is 49.3 Å². The summed E-state index contributed by atoms with van der Waals surface area (Å²) in [6.07, 6.45) is -0.360. The lowest BCUT2D eigenvalue weighted by atomic mass is 9.93. The largest absolute Gasteiger partial charge is 0.477 e. The van der Waals surface area contributed by atoms with Crippen molar-refractivity contribution in [2.24, 2.45) is 11.3 Å². The molecule has 5 heterocycles. The van der Waals surface area contributed by atoms with Crippen molar-refractivity contribution in [2.75, 3.05) is 24.6 Å². The quantitative estimate of drug-likeness (QED) is 0.0916. The van der Waals surface area contributed by atoms with E-state index in [1.54, 1.807) is 12.1 Å². The molecule has 1 aliphatic heterocycles. The van der Waals surface area contributed by atoms with E-state index >= 15 is 0 Å². The van der Waals surface area contributed by atoms with E-state index in [9.17, 15) is 22.8 Å². The molecule has 1 saturated carbocycles. The van der Waals surface area contributed by atoms with Crippen LogP contribution in [0.3, 0.4) is 0 Å². The van der Waals surface area contributed by atoms with Gasteiger partial charge in [-0.2, -0.15) is 18.4 Å². The summed E-state index contributed by atoms with van der Waals surface area (Å²) in [5.41, 5.74) is -2.43. The van der Waals surface area contributed by atoms with Crippen LogP contribution in [-0.2, 0) is 11.3 Å². The van der Waals surface area contributed by atoms with Crippen molar-refractivity contribution in [2.45, 2.75) is 102 Å². The molecular formula is C36H45ClF3N11O4S. The van der Waals surface area contributed by atoms with Crippen LogP contribution in [0.2, 0.25) is 5.15 Å². The lowest BCUT2D eigenvalue weighted by Gasteiger charge is -2.33. The molecule has 0 spiro atoms. The Balaban J connectivity index is 1.03. The van der Waals surface area contributed by atoms with Crippen molar-refractivity contribution in [3.8, 4) is 11.7 Å². The van der Waals surface area contributed by atoms with Gasteiger partial charge in [-0.25, -0.2) is 19.4 Å². The fraction of sp³-hybridized carbons (Fsp3) is 0.556. The molecule has 1 aliphatic carbocycles. The molecule has 15 nitrogen and oxygen atoms in total. The Kier molecular flexibility index (Phi) is 12.0. The van der Waals surface area contributed by atoms with Gasteiger partial charge in [-0.3, -0.25) is 9.52 Å². The molecule has 0 radical (unpaired) electrons. The van der Waals surface area contributed by atoms with Crippen LogP contribution in [0.1, 0.15) is 89.3 Å². The summed E-state index contributed by atoms with van der Waals surface area (Å²) >= 11 is 7.43. The molecular weight excluding hydrogens is 775 g/mol. The van der Waals surface area contributed by atoms with Crippen molar-refractivity contribution in [1.82, 2.24) is 50.0 Å². The van der Waals surface area contributed by atoms with E-state index in [1.807, 2.05) is 42.7 Å². The van der Waals surface area contributed by atoms with Crippen LogP contribution in [0.4, 0.5) is 23.8 Å². The fourth-order valence-electron chi connectivity index (χ4n) is 6.69. The first-order chi connectivity index (χ1) is 26.4. The number of rotatable bonds is 15. The van der Waals surface area contributed by atoms with Gasteiger partial charge in [-0.1, -0.05) is 22.9 Å². The zero-order valence-electron chi connectivity index (χ0n) is 31.8. The van der Waals surface area contributed by atoms with Gasteiger partial charge in [0.05, 0.1) is 24.1 Å². The maximum absolute atomic E-state index is 13.2. The molecule has 56 heavy (non-hydrogen) atoms. The van der Waals surface area contributed by atoms with Crippen LogP contribution >= 0.6 is 23.5 Å². The minimum absolute atomic E-state index is 0.0766. The van der Waals surface area contributed by atoms with Crippen molar-refractivity contribution in [3.63, 3.8) is 0 Å². The number of nitrogens with zero attached hydrogens (tertiary/aromatic N) is 9. The summed E-state index contributed by atoms with van der Waals surface area (Å²) in [5.74, 6) is 1.38. The molecule has 2 amide bonds. The Morgan fingerprint density at radius 3 is 2.59 bits per heavy atom. The zero-order valence-corrected chi connectivity index (χ0v) is 33.3. The topological polar surface area (TPSA) is 169 Å². The summed E-state index contributed by atoms with van der Waals surface area (Å²) in [6, 6.07) is 10.0. The van der Waals surface area contributed by atoms with Gasteiger partial charge in [0.1, 0.15) is 21.6 Å². The van der Waals surface area contributed by atoms with Crippen molar-refractivity contribution < 1.29 is 32.2 Å². The van der Waals surface area contributed by atoms with E-state index < -0.39 is 23.1 Å². The number of ether oxygens (including phenoxy) is 2. The molecule has 1 atom stereocenters. The highest BCUT2D eigenvalue weighted by Crippen LogP contribution is 2.59. The number of pyridine rings is 2. The number of halogens is 4. The Morgan fingerprint density at radius 2 is 1.91 bits per heavy atom. The highest BCUT2D eigenvalue weighted by Gasteiger charge is 2.62. The van der Waals surface area contributed by atoms with Gasteiger partial charge in [-0.05, 0) is 103 Å². The molecule has 0 unspecified atom stereocenters. The third-order valence-corrected chi connectivity index (χ3v) is 10.8. The number of nitrogens with one attached hydrogen (secondary N) is 2. The number of hydrogen-bond acceptors (Lipinski definition) is 12. The summed E-state index contributed by atoms with van der Waals surface area (Å²) in [6.45, 7) is 11.2. The number of aromatic amines is 1. The lowest BCUT2D eigenvalue weighted by Crippen LogP contribution is -2.45. The zero-order chi connectivity index (χ0) is 40.3. The second-order valence-electron chi connectivity index (χ2n) is 15.7. The predicted octanol–water partition coefficient (Wildman–Crippen LogP) is 7.20. The van der Waals surface area contributed by atoms with Crippen LogP contribution < -0.4 is 14.4 Å². The summed E-state index contributed by atoms with van der Waals surface area (Å²) < 4.78 is 54.9. The second kappa shape index (κ2) is 16.4. The SMILES string of the molecule is CC(C)(C)OC(=O)N1C[C@@H](CCCN(Cc2nn[nH]n2)c2cccc(SNC(=O)c3ccc(-n4ccc(OCCC5(C(F)(F)F)CC5)n4)nc3Cl)n2)CC1(C)C. The molecule has 1 saturated heterocycles. The van der Waals surface area contributed by atoms with E-state index in [-0.39, 0.29) is 59.9 Å². The molecule has 4 aromatic heterocycles. The molecule has 302 valence electrons. The first-order valence-corrected chi connectivity index (χ1v) is 19.5. The van der Waals surface area contributed by atoms with Crippen LogP contribution in [0.25, 0.3) is 5.82 Å². The Hall–Kier alpha value is -4.65. The summed E-state index contributed by atoms with van der Waals surface area (Å²) in [5, 5.41) is 19.1. The van der Waals surface area contributed by atoms with Gasteiger partial charge >= 0.3 is 12.3 Å². The van der Waals surface area contributed by atoms with Gasteiger partial charge in [0.2, 0.25) is 5.88 Å². The summed E-state index contributed by atoms with van der Waals surface area (Å²) in [4.78, 5) is 39.0. The lowest BCUT2D eigenvalue weighted by molar-refractivity contribution is -0.190. The van der Waals surface area contributed by atoms with Crippen LogP contribution in [0.5, 0.6) is 5.88 Å². The van der Waals surface area contributed by atoms with Gasteiger partial charge in [0, 0.05) is 42.8 Å². The van der Waals surface area contributed by atoms with E-state index in [0.29, 0.717) is 42.2 Å². The molecule has 4 aromatic rings. The molecule has 2 N–H and O–H groups in total. The molecule has 0 aromatic carbocycles. The van der Waals surface area contributed by atoms with Crippen molar-refractivity contribution >= 4 is 41.4 Å². The second-order valence-corrected chi connectivity index (χ2v) is 16.9. The predicted molar refractivity (Wildman–Crippen MR) is 201 cm³/mol. The van der Waals surface area contributed by atoms with E-state index in [0.717, 1.165) is 31.2 Å². The fourth-order valence-corrected chi connectivity index (χ4v) is 7.51. The van der Waals surface area contributed by atoms with Crippen LogP contribution in [0.15, 0.2) is 47.6 Å². The molecule has 2 aliphatic rings. The summed E-state index contributed by atoms with van der Waals surface area (Å²) in [7, 11) is 0. The molecule has 2 fully saturated rings. The smallest absolute Gasteiger partial charge is 0.410 e. The van der Waals surface area contributed by atoms with Gasteiger partial charge < -0.3 is 19.3 Å². The number of likely N-dealkylation sites (tertiary alicyclic amines) is 1. The van der Waals surface area contributed by atoms with Crippen LogP contribution in [-0.4, -0.2) is 94.3 Å². The average Bonchev–Trinajstić information content (AvgIpc) is 3.39. The number of tetrazole rings is 1. The van der Waals surface area contributed by atoms with E-state index in [4.69, 9.17) is 26.1 Å². The first kappa shape index (κ1) is 41.0. The van der Waals surface area contributed by atoms with Crippen molar-refractivity contribution in [1.29, 1.82) is 0 Å². The Morgan fingerprint density at radius 1 is 1.12 bits per heavy atom. The highest BCUT2D eigenvalue weighted by atomic mass is 35.5. The van der Waals surface area contributed by atoms with Gasteiger partial charge in [-0.15, -0.1) is 15.3 Å². The maximum Gasteiger partial charge on any atom is 0.410 e. The first-order valence-electron chi connectivity index (χ1n) is 18.3. The van der Waals surface area contributed by atoms with Crippen molar-refractivity contribution in [3.05, 3.63) is 59.1 Å². The highest BCUT2D eigenvalue weighted by molar-refractivity contribution is 7.97. The molecule has 20 heteroatoms. The van der Waals surface area contributed by atoms with E-state index in [1.165, 1.54) is 23.0 Å². The molecule has 0 bridgehead atoms. The third-order valence-electron chi connectivity index (χ3n) is 9.78. The number of alkyl halides is 3.